The Labute approximate surface area is 115 Å². The van der Waals surface area contributed by atoms with Crippen LogP contribution in [0.2, 0.25) is 0 Å². The summed E-state index contributed by atoms with van der Waals surface area (Å²) in [6.45, 7) is 0. The van der Waals surface area contributed by atoms with Crippen LogP contribution in [0.25, 0.3) is 0 Å². The van der Waals surface area contributed by atoms with Crippen LogP contribution in [0.3, 0.4) is 0 Å². The lowest BCUT2D eigenvalue weighted by atomic mass is 10.0. The van der Waals surface area contributed by atoms with E-state index < -0.39 is 18.6 Å². The molecule has 0 heterocycles. The summed E-state index contributed by atoms with van der Waals surface area (Å²) in [6.07, 6.45) is -5.33. The average Bonchev–Trinajstić information content (AvgIpc) is 2.42. The van der Waals surface area contributed by atoms with Gasteiger partial charge in [0.2, 0.25) is 0 Å². The standard InChI is InChI=1S/C13H18F3NO3/c1-17-9(7-13(14,15)16)12-10(19-3)5-8(18-2)6-11(12)20-4/h5-6,9,17H,7H2,1-4H3. The third-order valence-corrected chi connectivity index (χ3v) is 2.89. The van der Waals surface area contributed by atoms with E-state index in [2.05, 4.69) is 5.32 Å². The molecule has 0 spiro atoms. The monoisotopic (exact) mass is 293 g/mol. The summed E-state index contributed by atoms with van der Waals surface area (Å²) in [7, 11) is 5.69. The minimum absolute atomic E-state index is 0.282. The Morgan fingerprint density at radius 2 is 1.55 bits per heavy atom. The number of ether oxygens (including phenoxy) is 3. The number of alkyl halides is 3. The second-order valence-electron chi connectivity index (χ2n) is 4.11. The molecule has 0 radical (unpaired) electrons. The molecule has 1 unspecified atom stereocenters. The van der Waals surface area contributed by atoms with E-state index in [1.807, 2.05) is 0 Å². The molecule has 0 saturated carbocycles. The fraction of sp³-hybridized carbons (Fsp3) is 0.538. The van der Waals surface area contributed by atoms with Crippen LogP contribution in [0.1, 0.15) is 18.0 Å². The van der Waals surface area contributed by atoms with E-state index in [0.29, 0.717) is 11.3 Å². The number of hydrogen-bond donors (Lipinski definition) is 1. The highest BCUT2D eigenvalue weighted by Crippen LogP contribution is 2.41. The van der Waals surface area contributed by atoms with Crippen LogP contribution in [-0.2, 0) is 0 Å². The Bertz CT molecular complexity index is 424. The second-order valence-corrected chi connectivity index (χ2v) is 4.11. The van der Waals surface area contributed by atoms with Gasteiger partial charge in [0.25, 0.3) is 0 Å². The van der Waals surface area contributed by atoms with Gasteiger partial charge in [-0.2, -0.15) is 13.2 Å². The smallest absolute Gasteiger partial charge is 0.390 e. The van der Waals surface area contributed by atoms with E-state index in [-0.39, 0.29) is 11.5 Å². The van der Waals surface area contributed by atoms with Gasteiger partial charge in [0, 0.05) is 18.2 Å². The van der Waals surface area contributed by atoms with Crippen molar-refractivity contribution in [2.45, 2.75) is 18.6 Å². The molecule has 1 N–H and O–H groups in total. The average molecular weight is 293 g/mol. The number of halogens is 3. The first kappa shape index (κ1) is 16.4. The van der Waals surface area contributed by atoms with E-state index in [0.717, 1.165) is 0 Å². The van der Waals surface area contributed by atoms with Gasteiger partial charge in [-0.1, -0.05) is 0 Å². The molecule has 114 valence electrons. The number of hydrogen-bond acceptors (Lipinski definition) is 4. The zero-order chi connectivity index (χ0) is 15.3. The van der Waals surface area contributed by atoms with Gasteiger partial charge in [-0.15, -0.1) is 0 Å². The topological polar surface area (TPSA) is 39.7 Å². The zero-order valence-electron chi connectivity index (χ0n) is 11.8. The highest BCUT2D eigenvalue weighted by atomic mass is 19.4. The predicted molar refractivity (Wildman–Crippen MR) is 68.6 cm³/mol. The Balaban J connectivity index is 3.31. The third-order valence-electron chi connectivity index (χ3n) is 2.89. The molecule has 0 aliphatic carbocycles. The molecule has 1 aromatic rings. The lowest BCUT2D eigenvalue weighted by Gasteiger charge is -2.23. The minimum Gasteiger partial charge on any atom is -0.496 e. The summed E-state index contributed by atoms with van der Waals surface area (Å²) in [5.74, 6) is 1.01. The summed E-state index contributed by atoms with van der Waals surface area (Å²) in [5.41, 5.74) is 0.315. The molecule has 4 nitrogen and oxygen atoms in total. The Morgan fingerprint density at radius 3 is 1.85 bits per heavy atom. The van der Waals surface area contributed by atoms with Crippen LogP contribution in [0.15, 0.2) is 12.1 Å². The molecule has 7 heteroatoms. The molecule has 0 amide bonds. The number of nitrogens with one attached hydrogen (secondary N) is 1. The van der Waals surface area contributed by atoms with Gasteiger partial charge in [-0.3, -0.25) is 0 Å². The van der Waals surface area contributed by atoms with Crippen molar-refractivity contribution in [3.05, 3.63) is 17.7 Å². The largest absolute Gasteiger partial charge is 0.496 e. The minimum atomic E-state index is -4.30. The van der Waals surface area contributed by atoms with E-state index >= 15 is 0 Å². The van der Waals surface area contributed by atoms with Crippen LogP contribution < -0.4 is 19.5 Å². The summed E-state index contributed by atoms with van der Waals surface area (Å²) in [6, 6.07) is 2.09. The van der Waals surface area contributed by atoms with Crippen molar-refractivity contribution in [2.24, 2.45) is 0 Å². The molecule has 0 saturated heterocycles. The number of rotatable bonds is 6. The van der Waals surface area contributed by atoms with E-state index in [4.69, 9.17) is 14.2 Å². The Morgan fingerprint density at radius 1 is 1.05 bits per heavy atom. The van der Waals surface area contributed by atoms with Crippen LogP contribution >= 0.6 is 0 Å². The summed E-state index contributed by atoms with van der Waals surface area (Å²) in [5, 5.41) is 2.64. The van der Waals surface area contributed by atoms with Crippen molar-refractivity contribution < 1.29 is 27.4 Å². The maximum Gasteiger partial charge on any atom is 0.390 e. The maximum absolute atomic E-state index is 12.6. The van der Waals surface area contributed by atoms with Gasteiger partial charge in [0.05, 0.1) is 33.3 Å². The van der Waals surface area contributed by atoms with Crippen LogP contribution in [0, 0.1) is 0 Å². The Hall–Kier alpha value is -1.63. The third kappa shape index (κ3) is 3.93. The molecule has 0 aliphatic rings. The first-order valence-electron chi connectivity index (χ1n) is 5.90. The van der Waals surface area contributed by atoms with Gasteiger partial charge >= 0.3 is 6.18 Å². The lowest BCUT2D eigenvalue weighted by Crippen LogP contribution is -2.24. The van der Waals surface area contributed by atoms with Gasteiger partial charge in [-0.25, -0.2) is 0 Å². The van der Waals surface area contributed by atoms with Gasteiger partial charge in [-0.05, 0) is 7.05 Å². The van der Waals surface area contributed by atoms with Crippen molar-refractivity contribution in [3.63, 3.8) is 0 Å². The van der Waals surface area contributed by atoms with Gasteiger partial charge in [0.1, 0.15) is 17.2 Å². The highest BCUT2D eigenvalue weighted by Gasteiger charge is 2.34. The van der Waals surface area contributed by atoms with Gasteiger partial charge < -0.3 is 19.5 Å². The van der Waals surface area contributed by atoms with Crippen LogP contribution in [0.5, 0.6) is 17.2 Å². The fourth-order valence-electron chi connectivity index (χ4n) is 1.96. The van der Waals surface area contributed by atoms with Crippen molar-refractivity contribution >= 4 is 0 Å². The molecule has 0 aromatic heterocycles. The number of benzene rings is 1. The molecule has 1 rings (SSSR count). The SMILES string of the molecule is CNC(CC(F)(F)F)c1c(OC)cc(OC)cc1OC. The molecular formula is C13H18F3NO3. The second kappa shape index (κ2) is 6.69. The molecular weight excluding hydrogens is 275 g/mol. The predicted octanol–water partition coefficient (Wildman–Crippen LogP) is 2.93. The quantitative estimate of drug-likeness (QED) is 0.875. The number of methoxy groups -OCH3 is 3. The molecule has 0 fully saturated rings. The van der Waals surface area contributed by atoms with Crippen molar-refractivity contribution in [2.75, 3.05) is 28.4 Å². The molecule has 1 aromatic carbocycles. The van der Waals surface area contributed by atoms with Crippen molar-refractivity contribution in [3.8, 4) is 17.2 Å². The molecule has 0 bridgehead atoms. The fourth-order valence-corrected chi connectivity index (χ4v) is 1.96. The van der Waals surface area contributed by atoms with E-state index in [1.54, 1.807) is 0 Å². The zero-order valence-corrected chi connectivity index (χ0v) is 11.8. The Kier molecular flexibility index (Phi) is 5.50. The normalized spacial score (nSPS) is 12.9. The summed E-state index contributed by atoms with van der Waals surface area (Å²) < 4.78 is 53.3. The van der Waals surface area contributed by atoms with Gasteiger partial charge in [0.15, 0.2) is 0 Å². The first-order valence-corrected chi connectivity index (χ1v) is 5.90. The van der Waals surface area contributed by atoms with Crippen molar-refractivity contribution in [1.82, 2.24) is 5.32 Å². The van der Waals surface area contributed by atoms with Crippen molar-refractivity contribution in [1.29, 1.82) is 0 Å². The summed E-state index contributed by atoms with van der Waals surface area (Å²) in [4.78, 5) is 0. The lowest BCUT2D eigenvalue weighted by molar-refractivity contribution is -0.140. The van der Waals surface area contributed by atoms with E-state index in [1.165, 1.54) is 40.5 Å². The molecule has 20 heavy (non-hydrogen) atoms. The first-order chi connectivity index (χ1) is 9.36. The maximum atomic E-state index is 12.6. The molecule has 1 atom stereocenters. The van der Waals surface area contributed by atoms with Crippen LogP contribution in [-0.4, -0.2) is 34.6 Å². The summed E-state index contributed by atoms with van der Waals surface area (Å²) >= 11 is 0. The van der Waals surface area contributed by atoms with Crippen LogP contribution in [0.4, 0.5) is 13.2 Å². The van der Waals surface area contributed by atoms with E-state index in [9.17, 15) is 13.2 Å². The highest BCUT2D eigenvalue weighted by molar-refractivity contribution is 5.52. The molecule has 0 aliphatic heterocycles.